The Morgan fingerprint density at radius 3 is 2.79 bits per heavy atom. The highest BCUT2D eigenvalue weighted by Gasteiger charge is 2.07. The van der Waals surface area contributed by atoms with Crippen molar-refractivity contribution in [3.63, 3.8) is 0 Å². The van der Waals surface area contributed by atoms with Crippen LogP contribution in [0.1, 0.15) is 30.0 Å². The van der Waals surface area contributed by atoms with Crippen LogP contribution in [-0.2, 0) is 19.4 Å². The summed E-state index contributed by atoms with van der Waals surface area (Å²) in [7, 11) is 0. The molecular formula is C16H23N3. The minimum atomic E-state index is 0.203. The van der Waals surface area contributed by atoms with E-state index < -0.39 is 0 Å². The Hall–Kier alpha value is -1.61. The van der Waals surface area contributed by atoms with Gasteiger partial charge in [0, 0.05) is 18.8 Å². The Morgan fingerprint density at radius 2 is 2.11 bits per heavy atom. The van der Waals surface area contributed by atoms with Crippen molar-refractivity contribution in [1.29, 1.82) is 0 Å². The molecule has 1 aromatic carbocycles. The molecule has 2 aromatic rings. The molecule has 0 aliphatic carbocycles. The van der Waals surface area contributed by atoms with Crippen LogP contribution in [0.15, 0.2) is 36.7 Å². The maximum atomic E-state index is 6.22. The molecule has 0 aliphatic rings. The summed E-state index contributed by atoms with van der Waals surface area (Å²) in [6.45, 7) is 5.17. The van der Waals surface area contributed by atoms with E-state index in [-0.39, 0.29) is 6.04 Å². The molecule has 2 N–H and O–H groups in total. The van der Waals surface area contributed by atoms with Crippen LogP contribution in [-0.4, -0.2) is 15.8 Å². The Morgan fingerprint density at radius 1 is 1.32 bits per heavy atom. The van der Waals surface area contributed by atoms with Crippen LogP contribution in [0.25, 0.3) is 0 Å². The first-order valence-electron chi connectivity index (χ1n) is 7.00. The van der Waals surface area contributed by atoms with Gasteiger partial charge in [0.25, 0.3) is 0 Å². The molecule has 0 spiro atoms. The Kier molecular flexibility index (Phi) is 4.74. The average Bonchev–Trinajstić information content (AvgIpc) is 2.85. The number of hydrogen-bond acceptors (Lipinski definition) is 2. The molecule has 1 atom stereocenters. The van der Waals surface area contributed by atoms with Gasteiger partial charge in [0.1, 0.15) is 0 Å². The number of benzene rings is 1. The van der Waals surface area contributed by atoms with Crippen LogP contribution in [0.4, 0.5) is 0 Å². The van der Waals surface area contributed by atoms with Crippen molar-refractivity contribution in [3.05, 3.63) is 53.3 Å². The molecule has 0 bridgehead atoms. The van der Waals surface area contributed by atoms with Crippen LogP contribution >= 0.6 is 0 Å². The second kappa shape index (κ2) is 6.53. The smallest absolute Gasteiger partial charge is 0.0522 e. The molecule has 1 unspecified atom stereocenters. The van der Waals surface area contributed by atoms with E-state index in [1.165, 1.54) is 16.7 Å². The van der Waals surface area contributed by atoms with Gasteiger partial charge in [-0.3, -0.25) is 4.68 Å². The highest BCUT2D eigenvalue weighted by atomic mass is 15.3. The maximum Gasteiger partial charge on any atom is 0.0522 e. The number of hydrogen-bond donors (Lipinski definition) is 1. The van der Waals surface area contributed by atoms with Gasteiger partial charge in [-0.25, -0.2) is 0 Å². The molecular weight excluding hydrogens is 234 g/mol. The number of nitrogens with zero attached hydrogens (tertiary/aromatic N) is 2. The number of nitrogens with two attached hydrogens (primary N) is 1. The lowest BCUT2D eigenvalue weighted by atomic mass is 9.99. The lowest BCUT2D eigenvalue weighted by Crippen LogP contribution is -2.23. The highest BCUT2D eigenvalue weighted by molar-refractivity contribution is 5.25. The van der Waals surface area contributed by atoms with Crippen molar-refractivity contribution in [3.8, 4) is 0 Å². The van der Waals surface area contributed by atoms with E-state index in [9.17, 15) is 0 Å². The fourth-order valence-corrected chi connectivity index (χ4v) is 2.32. The second-order valence-corrected chi connectivity index (χ2v) is 5.13. The lowest BCUT2D eigenvalue weighted by molar-refractivity contribution is 0.608. The maximum absolute atomic E-state index is 6.22. The van der Waals surface area contributed by atoms with Gasteiger partial charge in [-0.05, 0) is 49.8 Å². The van der Waals surface area contributed by atoms with Crippen molar-refractivity contribution in [2.24, 2.45) is 5.73 Å². The first-order chi connectivity index (χ1) is 9.19. The van der Waals surface area contributed by atoms with Crippen molar-refractivity contribution in [2.45, 2.75) is 45.7 Å². The first-order valence-corrected chi connectivity index (χ1v) is 7.00. The summed E-state index contributed by atoms with van der Waals surface area (Å²) in [5.41, 5.74) is 10.2. The number of rotatable bonds is 6. The molecule has 3 nitrogen and oxygen atoms in total. The van der Waals surface area contributed by atoms with Crippen molar-refractivity contribution < 1.29 is 0 Å². The zero-order valence-corrected chi connectivity index (χ0v) is 11.8. The van der Waals surface area contributed by atoms with Gasteiger partial charge in [0.2, 0.25) is 0 Å². The molecule has 2 rings (SSSR count). The van der Waals surface area contributed by atoms with Crippen molar-refractivity contribution in [1.82, 2.24) is 9.78 Å². The molecule has 1 aromatic heterocycles. The van der Waals surface area contributed by atoms with Gasteiger partial charge in [-0.1, -0.05) is 24.3 Å². The number of aryl methyl sites for hydroxylation is 3. The van der Waals surface area contributed by atoms with Crippen molar-refractivity contribution in [2.75, 3.05) is 0 Å². The third-order valence-corrected chi connectivity index (χ3v) is 3.55. The Balaban J connectivity index is 1.84. The van der Waals surface area contributed by atoms with Crippen LogP contribution in [0.5, 0.6) is 0 Å². The Labute approximate surface area is 115 Å². The second-order valence-electron chi connectivity index (χ2n) is 5.13. The summed E-state index contributed by atoms with van der Waals surface area (Å²) < 4.78 is 1.95. The molecule has 0 saturated heterocycles. The average molecular weight is 257 g/mol. The monoisotopic (exact) mass is 257 g/mol. The lowest BCUT2D eigenvalue weighted by Gasteiger charge is -2.11. The molecule has 0 saturated carbocycles. The fraction of sp³-hybridized carbons (Fsp3) is 0.438. The standard InChI is InChI=1S/C16H23N3/c1-3-19-12-14(11-18-19)10-16(17)9-8-15-7-5-4-6-13(15)2/h4-7,11-12,16H,3,8-10,17H2,1-2H3. The zero-order chi connectivity index (χ0) is 13.7. The predicted molar refractivity (Wildman–Crippen MR) is 79.1 cm³/mol. The van der Waals surface area contributed by atoms with Gasteiger partial charge in [0.15, 0.2) is 0 Å². The molecule has 3 heteroatoms. The molecule has 0 aliphatic heterocycles. The molecule has 0 amide bonds. The zero-order valence-electron chi connectivity index (χ0n) is 11.8. The topological polar surface area (TPSA) is 43.8 Å². The molecule has 19 heavy (non-hydrogen) atoms. The fourth-order valence-electron chi connectivity index (χ4n) is 2.32. The van der Waals surface area contributed by atoms with E-state index in [4.69, 9.17) is 5.73 Å². The predicted octanol–water partition coefficient (Wildman–Crippen LogP) is 2.71. The summed E-state index contributed by atoms with van der Waals surface area (Å²) in [6, 6.07) is 8.73. The summed E-state index contributed by atoms with van der Waals surface area (Å²) >= 11 is 0. The van der Waals surface area contributed by atoms with E-state index in [0.29, 0.717) is 0 Å². The van der Waals surface area contributed by atoms with Crippen LogP contribution in [0.2, 0.25) is 0 Å². The quantitative estimate of drug-likeness (QED) is 0.864. The molecule has 0 fully saturated rings. The summed E-state index contributed by atoms with van der Waals surface area (Å²) in [4.78, 5) is 0. The van der Waals surface area contributed by atoms with Gasteiger partial charge in [-0.2, -0.15) is 5.10 Å². The summed E-state index contributed by atoms with van der Waals surface area (Å²) in [6.07, 6.45) is 6.99. The van der Waals surface area contributed by atoms with E-state index in [1.807, 2.05) is 10.9 Å². The SMILES string of the molecule is CCn1cc(CC(N)CCc2ccccc2C)cn1. The minimum Gasteiger partial charge on any atom is -0.327 e. The van der Waals surface area contributed by atoms with Crippen LogP contribution in [0.3, 0.4) is 0 Å². The van der Waals surface area contributed by atoms with E-state index in [2.05, 4.69) is 49.4 Å². The highest BCUT2D eigenvalue weighted by Crippen LogP contribution is 2.12. The largest absolute Gasteiger partial charge is 0.327 e. The van der Waals surface area contributed by atoms with Crippen molar-refractivity contribution >= 4 is 0 Å². The van der Waals surface area contributed by atoms with Gasteiger partial charge < -0.3 is 5.73 Å². The third kappa shape index (κ3) is 3.93. The summed E-state index contributed by atoms with van der Waals surface area (Å²) in [5.74, 6) is 0. The molecule has 1 heterocycles. The van der Waals surface area contributed by atoms with Gasteiger partial charge in [0.05, 0.1) is 6.20 Å². The minimum absolute atomic E-state index is 0.203. The molecule has 0 radical (unpaired) electrons. The Bertz CT molecular complexity index is 516. The third-order valence-electron chi connectivity index (χ3n) is 3.55. The van der Waals surface area contributed by atoms with E-state index >= 15 is 0 Å². The normalized spacial score (nSPS) is 12.6. The van der Waals surface area contributed by atoms with Crippen LogP contribution < -0.4 is 5.73 Å². The van der Waals surface area contributed by atoms with Gasteiger partial charge >= 0.3 is 0 Å². The first kappa shape index (κ1) is 13.8. The van der Waals surface area contributed by atoms with Gasteiger partial charge in [-0.15, -0.1) is 0 Å². The summed E-state index contributed by atoms with van der Waals surface area (Å²) in [5, 5.41) is 4.28. The number of aromatic nitrogens is 2. The molecule has 102 valence electrons. The van der Waals surface area contributed by atoms with E-state index in [0.717, 1.165) is 25.8 Å². The van der Waals surface area contributed by atoms with E-state index in [1.54, 1.807) is 0 Å². The van der Waals surface area contributed by atoms with Crippen LogP contribution in [0, 0.1) is 6.92 Å².